The zero-order chi connectivity index (χ0) is 17.2. The van der Waals surface area contributed by atoms with Crippen LogP contribution in [0.3, 0.4) is 0 Å². The fraction of sp³-hybridized carbons (Fsp3) is 0.737. The Morgan fingerprint density at radius 1 is 1.17 bits per heavy atom. The van der Waals surface area contributed by atoms with Crippen molar-refractivity contribution >= 4 is 5.91 Å². The third-order valence-corrected chi connectivity index (χ3v) is 5.69. The number of carbonyl (C=O) groups excluding carboxylic acids is 1. The molecule has 1 amide bonds. The lowest BCUT2D eigenvalue weighted by Gasteiger charge is -2.47. The first-order chi connectivity index (χ1) is 11.5. The first-order valence-corrected chi connectivity index (χ1v) is 9.32. The van der Waals surface area contributed by atoms with Gasteiger partial charge in [-0.15, -0.1) is 0 Å². The molecule has 0 N–H and O–H groups in total. The second-order valence-electron chi connectivity index (χ2n) is 7.79. The van der Waals surface area contributed by atoms with Gasteiger partial charge in [0.25, 0.3) is 0 Å². The minimum absolute atomic E-state index is 0.341. The molecule has 3 heterocycles. The van der Waals surface area contributed by atoms with Gasteiger partial charge in [-0.05, 0) is 44.7 Å². The maximum absolute atomic E-state index is 11.9. The fourth-order valence-corrected chi connectivity index (χ4v) is 3.99. The molecule has 0 aliphatic carbocycles. The molecule has 24 heavy (non-hydrogen) atoms. The zero-order valence-electron chi connectivity index (χ0n) is 15.3. The van der Waals surface area contributed by atoms with E-state index < -0.39 is 0 Å². The molecule has 0 aromatic carbocycles. The number of carbonyl (C=O) groups is 1. The Morgan fingerprint density at radius 2 is 1.83 bits per heavy atom. The molecule has 2 fully saturated rings. The first-order valence-electron chi connectivity index (χ1n) is 9.32. The van der Waals surface area contributed by atoms with E-state index in [2.05, 4.69) is 40.5 Å². The summed E-state index contributed by atoms with van der Waals surface area (Å²) in [6, 6.07) is 0. The van der Waals surface area contributed by atoms with E-state index >= 15 is 0 Å². The van der Waals surface area contributed by atoms with Crippen LogP contribution < -0.4 is 0 Å². The first kappa shape index (κ1) is 17.3. The number of nitrogens with zero attached hydrogens (tertiary/aromatic N) is 4. The second kappa shape index (κ2) is 7.18. The maximum atomic E-state index is 11.9. The van der Waals surface area contributed by atoms with Crippen molar-refractivity contribution in [2.24, 2.45) is 5.41 Å². The number of rotatable bonds is 4. The van der Waals surface area contributed by atoms with Gasteiger partial charge in [-0.25, -0.2) is 9.97 Å². The standard InChI is InChI=1S/C19H30N4O/c1-4-23-14-19(6-5-17(23)24)7-9-22(10-8-19)13-16-11-20-18(15(2)3)21-12-16/h11-12,15H,4-10,13-14H2,1-3H3. The van der Waals surface area contributed by atoms with Crippen LogP contribution in [0.25, 0.3) is 0 Å². The molecule has 1 spiro atoms. The molecule has 1 aromatic heterocycles. The van der Waals surface area contributed by atoms with E-state index in [1.165, 1.54) is 18.4 Å². The number of hydrogen-bond donors (Lipinski definition) is 0. The average Bonchev–Trinajstić information content (AvgIpc) is 2.60. The van der Waals surface area contributed by atoms with Crippen molar-refractivity contribution in [3.63, 3.8) is 0 Å². The van der Waals surface area contributed by atoms with Crippen LogP contribution in [-0.4, -0.2) is 51.9 Å². The molecule has 0 bridgehead atoms. The van der Waals surface area contributed by atoms with Gasteiger partial charge in [-0.3, -0.25) is 9.69 Å². The Morgan fingerprint density at radius 3 is 2.42 bits per heavy atom. The highest BCUT2D eigenvalue weighted by atomic mass is 16.2. The molecular weight excluding hydrogens is 300 g/mol. The monoisotopic (exact) mass is 330 g/mol. The molecule has 5 heteroatoms. The van der Waals surface area contributed by atoms with E-state index in [9.17, 15) is 4.79 Å². The topological polar surface area (TPSA) is 49.3 Å². The molecule has 0 radical (unpaired) electrons. The van der Waals surface area contributed by atoms with E-state index in [0.717, 1.165) is 51.4 Å². The van der Waals surface area contributed by atoms with Crippen molar-refractivity contribution < 1.29 is 4.79 Å². The number of amides is 1. The summed E-state index contributed by atoms with van der Waals surface area (Å²) < 4.78 is 0. The Balaban J connectivity index is 1.54. The van der Waals surface area contributed by atoms with Crippen molar-refractivity contribution in [2.75, 3.05) is 26.2 Å². The fourth-order valence-electron chi connectivity index (χ4n) is 3.99. The minimum atomic E-state index is 0.341. The van der Waals surface area contributed by atoms with Crippen LogP contribution in [0.2, 0.25) is 0 Å². The summed E-state index contributed by atoms with van der Waals surface area (Å²) in [5.41, 5.74) is 1.56. The highest BCUT2D eigenvalue weighted by molar-refractivity contribution is 5.77. The summed E-state index contributed by atoms with van der Waals surface area (Å²) in [4.78, 5) is 25.4. The lowest BCUT2D eigenvalue weighted by atomic mass is 9.72. The predicted octanol–water partition coefficient (Wildman–Crippen LogP) is 2.82. The highest BCUT2D eigenvalue weighted by Crippen LogP contribution is 2.40. The van der Waals surface area contributed by atoms with Gasteiger partial charge in [0.2, 0.25) is 5.91 Å². The van der Waals surface area contributed by atoms with Gasteiger partial charge >= 0.3 is 0 Å². The SMILES string of the molecule is CCN1CC2(CCC1=O)CCN(Cc1cnc(C(C)C)nc1)CC2. The molecule has 0 atom stereocenters. The van der Waals surface area contributed by atoms with Gasteiger partial charge < -0.3 is 4.90 Å². The molecule has 0 saturated carbocycles. The number of likely N-dealkylation sites (tertiary alicyclic amines) is 2. The van der Waals surface area contributed by atoms with E-state index in [0.29, 0.717) is 17.2 Å². The van der Waals surface area contributed by atoms with Crippen molar-refractivity contribution in [3.05, 3.63) is 23.8 Å². The predicted molar refractivity (Wildman–Crippen MR) is 94.6 cm³/mol. The molecular formula is C19H30N4O. The van der Waals surface area contributed by atoms with Crippen LogP contribution in [0, 0.1) is 5.41 Å². The van der Waals surface area contributed by atoms with Gasteiger partial charge in [0.05, 0.1) is 0 Å². The summed E-state index contributed by atoms with van der Waals surface area (Å²) in [6.07, 6.45) is 8.15. The summed E-state index contributed by atoms with van der Waals surface area (Å²) in [5, 5.41) is 0. The normalized spacial score (nSPS) is 21.7. The Kier molecular flexibility index (Phi) is 5.18. The zero-order valence-corrected chi connectivity index (χ0v) is 15.3. The third kappa shape index (κ3) is 3.77. The maximum Gasteiger partial charge on any atom is 0.222 e. The summed E-state index contributed by atoms with van der Waals surface area (Å²) in [5.74, 6) is 1.64. The molecule has 2 aliphatic heterocycles. The van der Waals surface area contributed by atoms with Gasteiger partial charge in [0, 0.05) is 49.9 Å². The smallest absolute Gasteiger partial charge is 0.222 e. The number of piperidine rings is 2. The van der Waals surface area contributed by atoms with E-state index in [1.807, 2.05) is 12.4 Å². The van der Waals surface area contributed by atoms with Crippen LogP contribution in [0.1, 0.15) is 63.8 Å². The van der Waals surface area contributed by atoms with Crippen LogP contribution in [0.4, 0.5) is 0 Å². The van der Waals surface area contributed by atoms with E-state index in [1.54, 1.807) is 0 Å². The van der Waals surface area contributed by atoms with Crippen LogP contribution in [0.5, 0.6) is 0 Å². The molecule has 3 rings (SSSR count). The van der Waals surface area contributed by atoms with Crippen molar-refractivity contribution in [1.82, 2.24) is 19.8 Å². The van der Waals surface area contributed by atoms with Gasteiger partial charge in [-0.2, -0.15) is 0 Å². The molecule has 132 valence electrons. The third-order valence-electron chi connectivity index (χ3n) is 5.69. The minimum Gasteiger partial charge on any atom is -0.342 e. The van der Waals surface area contributed by atoms with Crippen LogP contribution in [0.15, 0.2) is 12.4 Å². The van der Waals surface area contributed by atoms with Crippen LogP contribution in [-0.2, 0) is 11.3 Å². The number of aromatic nitrogens is 2. The largest absolute Gasteiger partial charge is 0.342 e. The Hall–Kier alpha value is -1.49. The highest BCUT2D eigenvalue weighted by Gasteiger charge is 2.40. The summed E-state index contributed by atoms with van der Waals surface area (Å²) in [7, 11) is 0. The molecule has 5 nitrogen and oxygen atoms in total. The van der Waals surface area contributed by atoms with Crippen LogP contribution >= 0.6 is 0 Å². The lowest BCUT2D eigenvalue weighted by molar-refractivity contribution is -0.138. The lowest BCUT2D eigenvalue weighted by Crippen LogP contribution is -2.51. The van der Waals surface area contributed by atoms with Gasteiger partial charge in [-0.1, -0.05) is 13.8 Å². The van der Waals surface area contributed by atoms with Crippen molar-refractivity contribution in [3.8, 4) is 0 Å². The van der Waals surface area contributed by atoms with Gasteiger partial charge in [0.15, 0.2) is 0 Å². The number of hydrogen-bond acceptors (Lipinski definition) is 4. The second-order valence-corrected chi connectivity index (χ2v) is 7.79. The Bertz CT molecular complexity index is 561. The summed E-state index contributed by atoms with van der Waals surface area (Å²) in [6.45, 7) is 11.3. The molecule has 2 saturated heterocycles. The van der Waals surface area contributed by atoms with E-state index in [4.69, 9.17) is 0 Å². The van der Waals surface area contributed by atoms with Crippen molar-refractivity contribution in [2.45, 2.75) is 58.9 Å². The quantitative estimate of drug-likeness (QED) is 0.852. The average molecular weight is 330 g/mol. The molecule has 0 unspecified atom stereocenters. The van der Waals surface area contributed by atoms with Gasteiger partial charge in [0.1, 0.15) is 5.82 Å². The Labute approximate surface area is 145 Å². The summed E-state index contributed by atoms with van der Waals surface area (Å²) >= 11 is 0. The molecule has 1 aromatic rings. The van der Waals surface area contributed by atoms with E-state index in [-0.39, 0.29) is 0 Å². The van der Waals surface area contributed by atoms with Crippen molar-refractivity contribution in [1.29, 1.82) is 0 Å². The molecule has 2 aliphatic rings.